The Morgan fingerprint density at radius 1 is 1.10 bits per heavy atom. The number of aliphatic hydroxyl groups is 1. The van der Waals surface area contributed by atoms with Crippen LogP contribution in [0.25, 0.3) is 11.5 Å². The molecule has 0 aromatic carbocycles. The summed E-state index contributed by atoms with van der Waals surface area (Å²) in [5.41, 5.74) is 1.23. The first-order chi connectivity index (χ1) is 15.0. The molecule has 2 saturated heterocycles. The molecule has 1 spiro atoms. The van der Waals surface area contributed by atoms with E-state index in [0.29, 0.717) is 12.2 Å². The van der Waals surface area contributed by atoms with Crippen molar-refractivity contribution in [3.63, 3.8) is 0 Å². The molecule has 162 valence electrons. The number of imidazole rings is 1. The Kier molecular flexibility index (Phi) is 5.05. The van der Waals surface area contributed by atoms with Gasteiger partial charge in [0.1, 0.15) is 5.69 Å². The maximum absolute atomic E-state index is 14.3. The number of β-amino-alcohol motifs (C(OH)–C–C–N with tert-alkyl or cyclic N) is 1. The van der Waals surface area contributed by atoms with Crippen LogP contribution in [-0.2, 0) is 7.05 Å². The fourth-order valence-corrected chi connectivity index (χ4v) is 4.96. The normalized spacial score (nSPS) is 20.9. The van der Waals surface area contributed by atoms with Crippen LogP contribution in [0.5, 0.6) is 0 Å². The Morgan fingerprint density at radius 2 is 1.94 bits per heavy atom. The SMILES string of the molecule is Cn1ccnc1-c1ccc(N2CCC3(CC2)CC(O)CN(c2ccncc2F)C3)nn1. The highest BCUT2D eigenvalue weighted by Crippen LogP contribution is 2.42. The van der Waals surface area contributed by atoms with E-state index < -0.39 is 6.10 Å². The van der Waals surface area contributed by atoms with Gasteiger partial charge in [-0.1, -0.05) is 0 Å². The van der Waals surface area contributed by atoms with Crippen LogP contribution in [0, 0.1) is 11.2 Å². The third-order valence-electron chi connectivity index (χ3n) is 6.57. The Labute approximate surface area is 180 Å². The van der Waals surface area contributed by atoms with Gasteiger partial charge in [-0.15, -0.1) is 10.2 Å². The first kappa shape index (κ1) is 19.9. The molecular formula is C22H26FN7O. The fraction of sp³-hybridized carbons (Fsp3) is 0.455. The van der Waals surface area contributed by atoms with Crippen molar-refractivity contribution in [3.05, 3.63) is 48.8 Å². The lowest BCUT2D eigenvalue weighted by molar-refractivity contribution is 0.0595. The van der Waals surface area contributed by atoms with Crippen molar-refractivity contribution in [2.45, 2.75) is 25.4 Å². The predicted molar refractivity (Wildman–Crippen MR) is 115 cm³/mol. The van der Waals surface area contributed by atoms with Crippen molar-refractivity contribution in [1.82, 2.24) is 24.7 Å². The molecule has 0 aliphatic carbocycles. The van der Waals surface area contributed by atoms with Crippen LogP contribution < -0.4 is 9.80 Å². The van der Waals surface area contributed by atoms with Gasteiger partial charge in [0.2, 0.25) is 0 Å². The van der Waals surface area contributed by atoms with Crippen molar-refractivity contribution < 1.29 is 9.50 Å². The lowest BCUT2D eigenvalue weighted by Gasteiger charge is -2.50. The molecule has 1 unspecified atom stereocenters. The van der Waals surface area contributed by atoms with Crippen LogP contribution in [0.1, 0.15) is 19.3 Å². The van der Waals surface area contributed by atoms with Crippen molar-refractivity contribution in [2.75, 3.05) is 36.0 Å². The predicted octanol–water partition coefficient (Wildman–Crippen LogP) is 2.27. The molecule has 3 aromatic rings. The summed E-state index contributed by atoms with van der Waals surface area (Å²) in [5, 5.41) is 19.3. The van der Waals surface area contributed by atoms with Gasteiger partial charge in [-0.2, -0.15) is 0 Å². The minimum Gasteiger partial charge on any atom is -0.391 e. The third-order valence-corrected chi connectivity index (χ3v) is 6.57. The second-order valence-corrected chi connectivity index (χ2v) is 8.69. The summed E-state index contributed by atoms with van der Waals surface area (Å²) < 4.78 is 16.2. The van der Waals surface area contributed by atoms with Crippen LogP contribution in [0.15, 0.2) is 43.0 Å². The summed E-state index contributed by atoms with van der Waals surface area (Å²) in [5.74, 6) is 1.30. The molecule has 31 heavy (non-hydrogen) atoms. The lowest BCUT2D eigenvalue weighted by Crippen LogP contribution is -2.54. The fourth-order valence-electron chi connectivity index (χ4n) is 4.96. The van der Waals surface area contributed by atoms with E-state index in [9.17, 15) is 9.50 Å². The average molecular weight is 423 g/mol. The van der Waals surface area contributed by atoms with Gasteiger partial charge in [0.05, 0.1) is 18.0 Å². The van der Waals surface area contributed by atoms with Gasteiger partial charge in [-0.05, 0) is 42.9 Å². The number of nitrogens with zero attached hydrogens (tertiary/aromatic N) is 7. The van der Waals surface area contributed by atoms with Gasteiger partial charge in [-0.3, -0.25) is 4.98 Å². The topological polar surface area (TPSA) is 83.2 Å². The number of rotatable bonds is 3. The zero-order chi connectivity index (χ0) is 21.4. The molecule has 2 aliphatic heterocycles. The summed E-state index contributed by atoms with van der Waals surface area (Å²) in [7, 11) is 1.93. The molecule has 2 aliphatic rings. The number of anilines is 2. The van der Waals surface area contributed by atoms with E-state index in [2.05, 4.69) is 25.1 Å². The van der Waals surface area contributed by atoms with Crippen LogP contribution >= 0.6 is 0 Å². The largest absolute Gasteiger partial charge is 0.391 e. The minimum atomic E-state index is -0.468. The summed E-state index contributed by atoms with van der Waals surface area (Å²) in [6.45, 7) is 2.85. The number of aromatic nitrogens is 5. The standard InChI is InChI=1S/C22H26FN7O/c1-28-11-8-25-21(28)18-2-3-20(27-26-18)29-9-5-22(6-10-29)12-16(31)14-30(15-22)19-4-7-24-13-17(19)23/h2-4,7-8,11,13,16,31H,5-6,9-10,12,14-15H2,1H3. The van der Waals surface area contributed by atoms with E-state index in [0.717, 1.165) is 56.2 Å². The quantitative estimate of drug-likeness (QED) is 0.692. The molecular weight excluding hydrogens is 397 g/mol. The zero-order valence-corrected chi connectivity index (χ0v) is 17.5. The molecule has 1 atom stereocenters. The molecule has 0 saturated carbocycles. The summed E-state index contributed by atoms with van der Waals surface area (Å²) in [6, 6.07) is 5.63. The van der Waals surface area contributed by atoms with E-state index in [1.54, 1.807) is 18.5 Å². The Morgan fingerprint density at radius 3 is 2.61 bits per heavy atom. The van der Waals surface area contributed by atoms with E-state index in [4.69, 9.17) is 0 Å². The summed E-state index contributed by atoms with van der Waals surface area (Å²) in [4.78, 5) is 12.4. The highest BCUT2D eigenvalue weighted by molar-refractivity contribution is 5.52. The maximum atomic E-state index is 14.3. The van der Waals surface area contributed by atoms with Gasteiger partial charge < -0.3 is 19.5 Å². The van der Waals surface area contributed by atoms with Crippen LogP contribution in [-0.4, -0.2) is 62.1 Å². The number of aryl methyl sites for hydroxylation is 1. The van der Waals surface area contributed by atoms with Crippen LogP contribution in [0.3, 0.4) is 0 Å². The molecule has 0 bridgehead atoms. The second-order valence-electron chi connectivity index (χ2n) is 8.69. The molecule has 8 nitrogen and oxygen atoms in total. The highest BCUT2D eigenvalue weighted by Gasteiger charge is 2.42. The first-order valence-corrected chi connectivity index (χ1v) is 10.6. The van der Waals surface area contributed by atoms with Crippen molar-refractivity contribution in [3.8, 4) is 11.5 Å². The van der Waals surface area contributed by atoms with Gasteiger partial charge in [0, 0.05) is 51.8 Å². The molecule has 5 heterocycles. The van der Waals surface area contributed by atoms with Crippen molar-refractivity contribution in [2.24, 2.45) is 12.5 Å². The number of hydrogen-bond acceptors (Lipinski definition) is 7. The van der Waals surface area contributed by atoms with E-state index >= 15 is 0 Å². The van der Waals surface area contributed by atoms with Gasteiger partial charge >= 0.3 is 0 Å². The Bertz CT molecular complexity index is 1050. The average Bonchev–Trinajstić information content (AvgIpc) is 3.20. The summed E-state index contributed by atoms with van der Waals surface area (Å²) >= 11 is 0. The third kappa shape index (κ3) is 3.85. The van der Waals surface area contributed by atoms with Crippen LogP contribution in [0.4, 0.5) is 15.9 Å². The highest BCUT2D eigenvalue weighted by atomic mass is 19.1. The lowest BCUT2D eigenvalue weighted by atomic mass is 9.71. The van der Waals surface area contributed by atoms with E-state index in [-0.39, 0.29) is 11.2 Å². The van der Waals surface area contributed by atoms with Crippen molar-refractivity contribution in [1.29, 1.82) is 0 Å². The number of aliphatic hydroxyl groups excluding tert-OH is 1. The minimum absolute atomic E-state index is 0.0375. The summed E-state index contributed by atoms with van der Waals surface area (Å²) in [6.07, 6.45) is 8.56. The van der Waals surface area contributed by atoms with Gasteiger partial charge in [-0.25, -0.2) is 9.37 Å². The number of halogens is 1. The Hall–Kier alpha value is -3.07. The van der Waals surface area contributed by atoms with Crippen molar-refractivity contribution >= 4 is 11.5 Å². The second kappa shape index (κ2) is 7.88. The smallest absolute Gasteiger partial charge is 0.164 e. The molecule has 2 fully saturated rings. The molecule has 1 N–H and O–H groups in total. The molecule has 0 radical (unpaired) electrons. The van der Waals surface area contributed by atoms with E-state index in [1.165, 1.54) is 6.20 Å². The molecule has 0 amide bonds. The number of hydrogen-bond donors (Lipinski definition) is 1. The maximum Gasteiger partial charge on any atom is 0.164 e. The number of pyridine rings is 1. The molecule has 3 aromatic heterocycles. The molecule has 5 rings (SSSR count). The molecule has 9 heteroatoms. The van der Waals surface area contributed by atoms with E-state index in [1.807, 2.05) is 34.8 Å². The van der Waals surface area contributed by atoms with Crippen LogP contribution in [0.2, 0.25) is 0 Å². The van der Waals surface area contributed by atoms with Gasteiger partial charge in [0.25, 0.3) is 0 Å². The first-order valence-electron chi connectivity index (χ1n) is 10.6. The zero-order valence-electron chi connectivity index (χ0n) is 17.5. The Balaban J connectivity index is 1.28. The number of piperidine rings is 2. The van der Waals surface area contributed by atoms with Gasteiger partial charge in [0.15, 0.2) is 17.5 Å². The monoisotopic (exact) mass is 423 g/mol.